The molecule has 3 aromatic carbocycles. The summed E-state index contributed by atoms with van der Waals surface area (Å²) in [6.07, 6.45) is 0. The maximum absolute atomic E-state index is 14.5. The average Bonchev–Trinajstić information content (AvgIpc) is 3.37. The van der Waals surface area contributed by atoms with Crippen LogP contribution in [0.1, 0.15) is 21.5 Å². The molecular formula is C25H20F2N2O3S. The SMILES string of the molecule is COc1ccc2c(c1)C1(SCCN1C(=O)c1ccccc1F)C(=O)N2Cc1ccc(F)cc1. The molecule has 2 heterocycles. The molecular weight excluding hydrogens is 446 g/mol. The smallest absolute Gasteiger partial charge is 0.268 e. The molecule has 1 spiro atoms. The van der Waals surface area contributed by atoms with Gasteiger partial charge in [0.1, 0.15) is 17.4 Å². The Morgan fingerprint density at radius 2 is 1.85 bits per heavy atom. The zero-order chi connectivity index (χ0) is 23.2. The van der Waals surface area contributed by atoms with Crippen LogP contribution < -0.4 is 9.64 Å². The first-order valence-corrected chi connectivity index (χ1v) is 11.4. The van der Waals surface area contributed by atoms with Gasteiger partial charge in [0.15, 0.2) is 4.87 Å². The topological polar surface area (TPSA) is 49.9 Å². The van der Waals surface area contributed by atoms with E-state index in [9.17, 15) is 18.4 Å². The van der Waals surface area contributed by atoms with Crippen molar-refractivity contribution in [2.45, 2.75) is 11.4 Å². The maximum Gasteiger partial charge on any atom is 0.268 e. The van der Waals surface area contributed by atoms with Crippen LogP contribution in [0.2, 0.25) is 0 Å². The van der Waals surface area contributed by atoms with Crippen LogP contribution in [0, 0.1) is 11.6 Å². The number of anilines is 1. The number of benzene rings is 3. The molecule has 1 unspecified atom stereocenters. The van der Waals surface area contributed by atoms with Crippen LogP contribution >= 0.6 is 11.8 Å². The largest absolute Gasteiger partial charge is 0.497 e. The number of nitrogens with zero attached hydrogens (tertiary/aromatic N) is 2. The van der Waals surface area contributed by atoms with Gasteiger partial charge in [0.05, 0.1) is 24.9 Å². The first-order chi connectivity index (χ1) is 16.0. The molecule has 2 aliphatic heterocycles. The molecule has 3 aromatic rings. The van der Waals surface area contributed by atoms with Crippen molar-refractivity contribution in [3.63, 3.8) is 0 Å². The predicted octanol–water partition coefficient (Wildman–Crippen LogP) is 4.56. The summed E-state index contributed by atoms with van der Waals surface area (Å²) < 4.78 is 33.3. The van der Waals surface area contributed by atoms with Gasteiger partial charge in [-0.25, -0.2) is 8.78 Å². The first-order valence-electron chi connectivity index (χ1n) is 10.4. The fourth-order valence-electron chi connectivity index (χ4n) is 4.43. The van der Waals surface area contributed by atoms with E-state index < -0.39 is 16.6 Å². The molecule has 2 aliphatic rings. The summed E-state index contributed by atoms with van der Waals surface area (Å²) in [6.45, 7) is 0.507. The van der Waals surface area contributed by atoms with E-state index in [0.717, 1.165) is 5.56 Å². The summed E-state index contributed by atoms with van der Waals surface area (Å²) in [5.74, 6) is -0.746. The third-order valence-electron chi connectivity index (χ3n) is 6.00. The number of hydrogen-bond acceptors (Lipinski definition) is 4. The van der Waals surface area contributed by atoms with Gasteiger partial charge in [0.2, 0.25) is 0 Å². The molecule has 0 N–H and O–H groups in total. The molecule has 0 radical (unpaired) electrons. The fourth-order valence-corrected chi connectivity index (χ4v) is 5.88. The Morgan fingerprint density at radius 1 is 1.09 bits per heavy atom. The number of methoxy groups -OCH3 is 1. The van der Waals surface area contributed by atoms with E-state index in [1.807, 2.05) is 0 Å². The molecule has 1 saturated heterocycles. The Balaban J connectivity index is 1.62. The van der Waals surface area contributed by atoms with E-state index >= 15 is 0 Å². The highest BCUT2D eigenvalue weighted by Crippen LogP contribution is 2.55. The minimum absolute atomic E-state index is 0.0754. The van der Waals surface area contributed by atoms with E-state index in [-0.39, 0.29) is 23.8 Å². The molecule has 0 aromatic heterocycles. The monoisotopic (exact) mass is 466 g/mol. The molecule has 0 bridgehead atoms. The molecule has 0 saturated carbocycles. The predicted molar refractivity (Wildman–Crippen MR) is 122 cm³/mol. The van der Waals surface area contributed by atoms with E-state index in [2.05, 4.69) is 0 Å². The van der Waals surface area contributed by atoms with Crippen molar-refractivity contribution >= 4 is 29.3 Å². The average molecular weight is 467 g/mol. The number of carbonyl (C=O) groups is 2. The second-order valence-corrected chi connectivity index (χ2v) is 9.12. The Labute approximate surface area is 193 Å². The highest BCUT2D eigenvalue weighted by atomic mass is 32.2. The van der Waals surface area contributed by atoms with Gasteiger partial charge in [-0.2, -0.15) is 0 Å². The third kappa shape index (κ3) is 3.36. The van der Waals surface area contributed by atoms with Crippen molar-refractivity contribution in [3.8, 4) is 5.75 Å². The van der Waals surface area contributed by atoms with Crippen LogP contribution in [-0.4, -0.2) is 36.1 Å². The molecule has 33 heavy (non-hydrogen) atoms. The number of ether oxygens (including phenoxy) is 1. The normalized spacial score (nSPS) is 19.3. The van der Waals surface area contributed by atoms with Gasteiger partial charge in [-0.1, -0.05) is 24.3 Å². The van der Waals surface area contributed by atoms with Crippen LogP contribution in [-0.2, 0) is 16.2 Å². The van der Waals surface area contributed by atoms with Gasteiger partial charge < -0.3 is 14.5 Å². The standard InChI is InChI=1S/C25H20F2N2O3S/c1-32-18-10-11-22-20(14-18)25(24(31)28(22)15-16-6-8-17(26)9-7-16)29(12-13-33-25)23(30)19-4-2-3-5-21(19)27/h2-11,14H,12-13,15H2,1H3. The highest BCUT2D eigenvalue weighted by Gasteiger charge is 2.59. The molecule has 1 fully saturated rings. The van der Waals surface area contributed by atoms with Crippen LogP contribution in [0.5, 0.6) is 5.75 Å². The lowest BCUT2D eigenvalue weighted by Crippen LogP contribution is -2.50. The quantitative estimate of drug-likeness (QED) is 0.566. The van der Waals surface area contributed by atoms with Crippen molar-refractivity contribution in [1.29, 1.82) is 0 Å². The maximum atomic E-state index is 14.5. The van der Waals surface area contributed by atoms with Crippen LogP contribution in [0.3, 0.4) is 0 Å². The highest BCUT2D eigenvalue weighted by molar-refractivity contribution is 8.01. The van der Waals surface area contributed by atoms with E-state index in [4.69, 9.17) is 4.74 Å². The minimum Gasteiger partial charge on any atom is -0.497 e. The molecule has 8 heteroatoms. The number of amides is 2. The fraction of sp³-hybridized carbons (Fsp3) is 0.200. The van der Waals surface area contributed by atoms with E-state index in [0.29, 0.717) is 29.3 Å². The van der Waals surface area contributed by atoms with E-state index in [1.54, 1.807) is 41.3 Å². The summed E-state index contributed by atoms with van der Waals surface area (Å²) in [5, 5.41) is 0. The number of halogens is 2. The molecule has 5 rings (SSSR count). The van der Waals surface area contributed by atoms with Crippen LogP contribution in [0.15, 0.2) is 66.7 Å². The number of hydrogen-bond donors (Lipinski definition) is 0. The molecule has 5 nitrogen and oxygen atoms in total. The van der Waals surface area contributed by atoms with Gasteiger partial charge >= 0.3 is 0 Å². The Hall–Kier alpha value is -3.39. The summed E-state index contributed by atoms with van der Waals surface area (Å²) in [5.41, 5.74) is 1.94. The van der Waals surface area contributed by atoms with E-state index in [1.165, 1.54) is 54.1 Å². The summed E-state index contributed by atoms with van der Waals surface area (Å²) in [6, 6.07) is 17.0. The van der Waals surface area contributed by atoms with Gasteiger partial charge in [0, 0.05) is 17.9 Å². The number of rotatable bonds is 4. The van der Waals surface area contributed by atoms with Crippen molar-refractivity contribution in [1.82, 2.24) is 4.90 Å². The van der Waals surface area contributed by atoms with Gasteiger partial charge in [-0.05, 0) is 48.0 Å². The van der Waals surface area contributed by atoms with Crippen molar-refractivity contribution in [2.24, 2.45) is 0 Å². The lowest BCUT2D eigenvalue weighted by molar-refractivity contribution is -0.123. The molecule has 1 atom stereocenters. The number of carbonyl (C=O) groups excluding carboxylic acids is 2. The van der Waals surface area contributed by atoms with Gasteiger partial charge in [0.25, 0.3) is 11.8 Å². The summed E-state index contributed by atoms with van der Waals surface area (Å²) >= 11 is 1.35. The van der Waals surface area contributed by atoms with Gasteiger partial charge in [-0.15, -0.1) is 11.8 Å². The Bertz CT molecular complexity index is 1250. The zero-order valence-electron chi connectivity index (χ0n) is 17.8. The van der Waals surface area contributed by atoms with Crippen LogP contribution in [0.25, 0.3) is 0 Å². The second-order valence-electron chi connectivity index (χ2n) is 7.83. The summed E-state index contributed by atoms with van der Waals surface area (Å²) in [7, 11) is 1.53. The minimum atomic E-state index is -1.33. The second kappa shape index (κ2) is 8.19. The number of fused-ring (bicyclic) bond motifs is 2. The molecule has 0 aliphatic carbocycles. The lowest BCUT2D eigenvalue weighted by Gasteiger charge is -2.33. The summed E-state index contributed by atoms with van der Waals surface area (Å²) in [4.78, 5) is 29.2. The lowest BCUT2D eigenvalue weighted by atomic mass is 10.0. The van der Waals surface area contributed by atoms with Crippen LogP contribution in [0.4, 0.5) is 14.5 Å². The van der Waals surface area contributed by atoms with Crippen molar-refractivity contribution in [3.05, 3.63) is 95.1 Å². The zero-order valence-corrected chi connectivity index (χ0v) is 18.6. The number of thioether (sulfide) groups is 1. The molecule has 168 valence electrons. The third-order valence-corrected chi connectivity index (χ3v) is 7.42. The van der Waals surface area contributed by atoms with Gasteiger partial charge in [-0.3, -0.25) is 9.59 Å². The Morgan fingerprint density at radius 3 is 2.58 bits per heavy atom. The Kier molecular flexibility index (Phi) is 5.32. The van der Waals surface area contributed by atoms with Crippen molar-refractivity contribution < 1.29 is 23.1 Å². The van der Waals surface area contributed by atoms with Crippen molar-refractivity contribution in [2.75, 3.05) is 24.3 Å². The molecule has 2 amide bonds. The first kappa shape index (κ1) is 21.5.